The summed E-state index contributed by atoms with van der Waals surface area (Å²) < 4.78 is 15.4. The normalized spacial score (nSPS) is 10.6. The highest BCUT2D eigenvalue weighted by Gasteiger charge is 2.09. The lowest BCUT2D eigenvalue weighted by Gasteiger charge is -2.06. The van der Waals surface area contributed by atoms with Gasteiger partial charge in [0.1, 0.15) is 23.0 Å². The fraction of sp³-hybridized carbons (Fsp3) is 0.167. The summed E-state index contributed by atoms with van der Waals surface area (Å²) in [6, 6.07) is 9.84. The number of carbonyl (C=O) groups is 1. The number of methoxy groups -OCH3 is 3. The minimum Gasteiger partial charge on any atom is -0.507 e. The van der Waals surface area contributed by atoms with Crippen molar-refractivity contribution >= 4 is 11.9 Å². The predicted molar refractivity (Wildman–Crippen MR) is 87.6 cm³/mol. The molecular formula is C18H18O5. The molecule has 0 heterocycles. The van der Waals surface area contributed by atoms with Gasteiger partial charge in [-0.15, -0.1) is 0 Å². The molecule has 0 amide bonds. The summed E-state index contributed by atoms with van der Waals surface area (Å²) in [5, 5.41) is 9.88. The molecule has 0 unspecified atom stereocenters. The van der Waals surface area contributed by atoms with Gasteiger partial charge in [0.05, 0.1) is 26.9 Å². The van der Waals surface area contributed by atoms with Crippen LogP contribution in [0.5, 0.6) is 23.0 Å². The van der Waals surface area contributed by atoms with Crippen LogP contribution < -0.4 is 14.2 Å². The van der Waals surface area contributed by atoms with Crippen LogP contribution in [0.25, 0.3) is 6.08 Å². The molecule has 0 aliphatic heterocycles. The Bertz CT molecular complexity index is 712. The summed E-state index contributed by atoms with van der Waals surface area (Å²) in [7, 11) is 4.61. The third-order valence-electron chi connectivity index (χ3n) is 3.27. The molecule has 0 fully saturated rings. The minimum atomic E-state index is -0.313. The van der Waals surface area contributed by atoms with Crippen LogP contribution >= 0.6 is 0 Å². The van der Waals surface area contributed by atoms with Crippen molar-refractivity contribution in [3.05, 3.63) is 53.6 Å². The molecule has 5 nitrogen and oxygen atoms in total. The van der Waals surface area contributed by atoms with Crippen molar-refractivity contribution in [3.63, 3.8) is 0 Å². The summed E-state index contributed by atoms with van der Waals surface area (Å²) in [5.41, 5.74) is 0.958. The van der Waals surface area contributed by atoms with E-state index in [2.05, 4.69) is 0 Å². The van der Waals surface area contributed by atoms with Gasteiger partial charge >= 0.3 is 0 Å². The molecule has 2 aromatic carbocycles. The Morgan fingerprint density at radius 2 is 1.52 bits per heavy atom. The van der Waals surface area contributed by atoms with Gasteiger partial charge in [0.2, 0.25) is 0 Å². The standard InChI is InChI=1S/C18H18O5/c1-21-13-5-6-16(18(20)11-13)17(19)7-4-12-8-14(22-2)10-15(9-12)23-3/h4-11,20H,1-3H3/b7-4+. The largest absolute Gasteiger partial charge is 0.507 e. The molecule has 0 radical (unpaired) electrons. The molecule has 0 aliphatic carbocycles. The molecule has 23 heavy (non-hydrogen) atoms. The van der Waals surface area contributed by atoms with Gasteiger partial charge in [-0.05, 0) is 35.9 Å². The Labute approximate surface area is 134 Å². The van der Waals surface area contributed by atoms with Crippen LogP contribution in [0.15, 0.2) is 42.5 Å². The number of allylic oxidation sites excluding steroid dienone is 1. The highest BCUT2D eigenvalue weighted by molar-refractivity contribution is 6.08. The number of aromatic hydroxyl groups is 1. The second kappa shape index (κ2) is 7.35. The Hall–Kier alpha value is -2.95. The van der Waals surface area contributed by atoms with Crippen LogP contribution in [0.3, 0.4) is 0 Å². The zero-order valence-electron chi connectivity index (χ0n) is 13.2. The summed E-state index contributed by atoms with van der Waals surface area (Å²) in [4.78, 5) is 12.2. The first-order chi connectivity index (χ1) is 11.1. The second-order valence-corrected chi connectivity index (χ2v) is 4.73. The first-order valence-electron chi connectivity index (χ1n) is 6.90. The first kappa shape index (κ1) is 16.4. The maximum atomic E-state index is 12.2. The number of rotatable bonds is 6. The van der Waals surface area contributed by atoms with Crippen LogP contribution in [0.4, 0.5) is 0 Å². The van der Waals surface area contributed by atoms with E-state index in [-0.39, 0.29) is 17.1 Å². The summed E-state index contributed by atoms with van der Waals surface area (Å²) in [6.45, 7) is 0. The molecule has 0 atom stereocenters. The zero-order valence-corrected chi connectivity index (χ0v) is 13.2. The SMILES string of the molecule is COc1cc(/C=C/C(=O)c2ccc(OC)cc2O)cc(OC)c1. The average Bonchev–Trinajstić information content (AvgIpc) is 2.58. The van der Waals surface area contributed by atoms with Crippen molar-refractivity contribution in [2.45, 2.75) is 0 Å². The predicted octanol–water partition coefficient (Wildman–Crippen LogP) is 3.31. The highest BCUT2D eigenvalue weighted by atomic mass is 16.5. The number of hydrogen-bond acceptors (Lipinski definition) is 5. The first-order valence-corrected chi connectivity index (χ1v) is 6.90. The van der Waals surface area contributed by atoms with Crippen molar-refractivity contribution in [1.82, 2.24) is 0 Å². The van der Waals surface area contributed by atoms with Crippen molar-refractivity contribution < 1.29 is 24.1 Å². The van der Waals surface area contributed by atoms with E-state index in [0.29, 0.717) is 17.2 Å². The van der Waals surface area contributed by atoms with Gasteiger partial charge in [0, 0.05) is 12.1 Å². The fourth-order valence-corrected chi connectivity index (χ4v) is 2.03. The lowest BCUT2D eigenvalue weighted by Crippen LogP contribution is -1.95. The Morgan fingerprint density at radius 3 is 2.04 bits per heavy atom. The van der Waals surface area contributed by atoms with Crippen molar-refractivity contribution in [2.24, 2.45) is 0 Å². The quantitative estimate of drug-likeness (QED) is 0.654. The zero-order chi connectivity index (χ0) is 16.8. The van der Waals surface area contributed by atoms with Crippen molar-refractivity contribution in [2.75, 3.05) is 21.3 Å². The molecule has 0 aliphatic rings. The van der Waals surface area contributed by atoms with Crippen LogP contribution in [-0.4, -0.2) is 32.2 Å². The van der Waals surface area contributed by atoms with Gasteiger partial charge in [-0.1, -0.05) is 6.08 Å². The number of phenols is 1. The fourth-order valence-electron chi connectivity index (χ4n) is 2.03. The van der Waals surface area contributed by atoms with E-state index in [1.807, 2.05) is 0 Å². The molecule has 0 saturated carbocycles. The van der Waals surface area contributed by atoms with Gasteiger partial charge in [-0.3, -0.25) is 4.79 Å². The smallest absolute Gasteiger partial charge is 0.189 e. The van der Waals surface area contributed by atoms with Gasteiger partial charge in [0.25, 0.3) is 0 Å². The van der Waals surface area contributed by atoms with Crippen LogP contribution in [-0.2, 0) is 0 Å². The summed E-state index contributed by atoms with van der Waals surface area (Å²) in [6.07, 6.45) is 3.02. The number of hydrogen-bond donors (Lipinski definition) is 1. The van der Waals surface area contributed by atoms with Crippen LogP contribution in [0, 0.1) is 0 Å². The van der Waals surface area contributed by atoms with Crippen LogP contribution in [0.1, 0.15) is 15.9 Å². The molecule has 120 valence electrons. The average molecular weight is 314 g/mol. The molecule has 5 heteroatoms. The Morgan fingerprint density at radius 1 is 0.913 bits per heavy atom. The number of ketones is 1. The maximum absolute atomic E-state index is 12.2. The second-order valence-electron chi connectivity index (χ2n) is 4.73. The van der Waals surface area contributed by atoms with Crippen molar-refractivity contribution in [1.29, 1.82) is 0 Å². The third-order valence-corrected chi connectivity index (χ3v) is 3.27. The molecule has 1 N–H and O–H groups in total. The van der Waals surface area contributed by atoms with E-state index in [4.69, 9.17) is 14.2 Å². The van der Waals surface area contributed by atoms with E-state index in [0.717, 1.165) is 5.56 Å². The minimum absolute atomic E-state index is 0.123. The molecular weight excluding hydrogens is 296 g/mol. The number of ether oxygens (including phenoxy) is 3. The van der Waals surface area contributed by atoms with Crippen molar-refractivity contribution in [3.8, 4) is 23.0 Å². The van der Waals surface area contributed by atoms with E-state index in [9.17, 15) is 9.90 Å². The van der Waals surface area contributed by atoms with E-state index in [1.165, 1.54) is 25.3 Å². The summed E-state index contributed by atoms with van der Waals surface area (Å²) in [5.74, 6) is 1.31. The number of phenolic OH excluding ortho intramolecular Hbond substituents is 1. The topological polar surface area (TPSA) is 65.0 Å². The third kappa shape index (κ3) is 4.03. The lowest BCUT2D eigenvalue weighted by molar-refractivity contribution is 0.104. The van der Waals surface area contributed by atoms with E-state index >= 15 is 0 Å². The highest BCUT2D eigenvalue weighted by Crippen LogP contribution is 2.25. The maximum Gasteiger partial charge on any atom is 0.189 e. The number of benzene rings is 2. The van der Waals surface area contributed by atoms with Gasteiger partial charge in [-0.25, -0.2) is 0 Å². The lowest BCUT2D eigenvalue weighted by atomic mass is 10.1. The van der Waals surface area contributed by atoms with E-state index < -0.39 is 0 Å². The molecule has 0 spiro atoms. The molecule has 2 rings (SSSR count). The molecule has 0 aromatic heterocycles. The summed E-state index contributed by atoms with van der Waals surface area (Å²) >= 11 is 0. The molecule has 0 bridgehead atoms. The van der Waals surface area contributed by atoms with Gasteiger partial charge in [-0.2, -0.15) is 0 Å². The molecule has 2 aromatic rings. The Kier molecular flexibility index (Phi) is 5.25. The number of carbonyl (C=O) groups excluding carboxylic acids is 1. The van der Waals surface area contributed by atoms with Crippen LogP contribution in [0.2, 0.25) is 0 Å². The Balaban J connectivity index is 2.24. The molecule has 0 saturated heterocycles. The van der Waals surface area contributed by atoms with Gasteiger partial charge < -0.3 is 19.3 Å². The van der Waals surface area contributed by atoms with E-state index in [1.54, 1.807) is 44.6 Å². The monoisotopic (exact) mass is 314 g/mol. The van der Waals surface area contributed by atoms with Gasteiger partial charge in [0.15, 0.2) is 5.78 Å².